The van der Waals surface area contributed by atoms with E-state index in [0.717, 1.165) is 36.8 Å². The van der Waals surface area contributed by atoms with E-state index in [1.165, 1.54) is 17.7 Å². The van der Waals surface area contributed by atoms with E-state index in [9.17, 15) is 14.0 Å². The van der Waals surface area contributed by atoms with Crippen LogP contribution in [0.15, 0.2) is 48.5 Å². The van der Waals surface area contributed by atoms with Gasteiger partial charge in [-0.1, -0.05) is 36.4 Å². The molecule has 0 aromatic heterocycles. The van der Waals surface area contributed by atoms with E-state index < -0.39 is 5.60 Å². The van der Waals surface area contributed by atoms with E-state index in [-0.39, 0.29) is 24.0 Å². The molecule has 3 atom stereocenters. The van der Waals surface area contributed by atoms with Crippen LogP contribution in [0.2, 0.25) is 0 Å². The highest BCUT2D eigenvalue weighted by molar-refractivity contribution is 5.68. The third-order valence-electron chi connectivity index (χ3n) is 5.87. The summed E-state index contributed by atoms with van der Waals surface area (Å²) in [7, 11) is 0. The highest BCUT2D eigenvalue weighted by Gasteiger charge is 2.27. The van der Waals surface area contributed by atoms with Crippen LogP contribution in [0.3, 0.4) is 0 Å². The highest BCUT2D eigenvalue weighted by Crippen LogP contribution is 2.34. The summed E-state index contributed by atoms with van der Waals surface area (Å²) in [5, 5.41) is 2.81. The average molecular weight is 471 g/mol. The van der Waals surface area contributed by atoms with Crippen molar-refractivity contribution >= 4 is 12.5 Å². The maximum absolute atomic E-state index is 13.0. The first-order chi connectivity index (χ1) is 16.2. The molecule has 0 aliphatic carbocycles. The van der Waals surface area contributed by atoms with E-state index in [1.54, 1.807) is 17.0 Å². The molecular formula is C27H35FN2O4. The van der Waals surface area contributed by atoms with Gasteiger partial charge in [-0.15, -0.1) is 0 Å². The molecule has 2 unspecified atom stereocenters. The van der Waals surface area contributed by atoms with E-state index in [2.05, 4.69) is 11.4 Å². The maximum atomic E-state index is 13.0. The van der Waals surface area contributed by atoms with Crippen molar-refractivity contribution in [2.24, 2.45) is 0 Å². The molecule has 34 heavy (non-hydrogen) atoms. The van der Waals surface area contributed by atoms with Crippen LogP contribution in [-0.2, 0) is 20.7 Å². The first-order valence-electron chi connectivity index (χ1n) is 11.8. The van der Waals surface area contributed by atoms with Crippen LogP contribution in [-0.4, -0.2) is 48.3 Å². The number of alkyl carbamates (subject to hydrolysis) is 1. The monoisotopic (exact) mass is 470 g/mol. The molecule has 4 rings (SSSR count). The van der Waals surface area contributed by atoms with Gasteiger partial charge < -0.3 is 19.7 Å². The van der Waals surface area contributed by atoms with Crippen molar-refractivity contribution in [1.82, 2.24) is 10.2 Å². The lowest BCUT2D eigenvalue weighted by Gasteiger charge is -2.35. The molecular weight excluding hydrogens is 435 g/mol. The Balaban J connectivity index is 0.000000197. The van der Waals surface area contributed by atoms with Gasteiger partial charge in [0.05, 0.1) is 24.8 Å². The largest absolute Gasteiger partial charge is 0.444 e. The summed E-state index contributed by atoms with van der Waals surface area (Å²) < 4.78 is 23.7. The zero-order valence-electron chi connectivity index (χ0n) is 20.4. The summed E-state index contributed by atoms with van der Waals surface area (Å²) in [6.45, 7) is 8.89. The van der Waals surface area contributed by atoms with Crippen LogP contribution in [0, 0.1) is 5.82 Å². The van der Waals surface area contributed by atoms with Gasteiger partial charge >= 0.3 is 6.09 Å². The molecule has 2 aromatic rings. The fraction of sp³-hybridized carbons (Fsp3) is 0.481. The van der Waals surface area contributed by atoms with Crippen LogP contribution in [0.4, 0.5) is 9.18 Å². The van der Waals surface area contributed by atoms with Gasteiger partial charge in [-0.25, -0.2) is 9.18 Å². The number of amides is 2. The fourth-order valence-corrected chi connectivity index (χ4v) is 4.19. The quantitative estimate of drug-likeness (QED) is 0.641. The number of ether oxygens (including phenoxy) is 2. The summed E-state index contributed by atoms with van der Waals surface area (Å²) in [6.07, 6.45) is 3.64. The lowest BCUT2D eigenvalue weighted by atomic mass is 9.88. The molecule has 1 saturated heterocycles. The zero-order chi connectivity index (χ0) is 24.7. The van der Waals surface area contributed by atoms with Gasteiger partial charge in [0.25, 0.3) is 0 Å². The van der Waals surface area contributed by atoms with Crippen LogP contribution in [0.25, 0.3) is 0 Å². The number of nitrogens with one attached hydrogen (secondary N) is 1. The molecule has 7 heteroatoms. The molecule has 2 aliphatic rings. The Kier molecular flexibility index (Phi) is 8.67. The van der Waals surface area contributed by atoms with E-state index in [1.807, 2.05) is 45.9 Å². The number of nitrogens with zero attached hydrogens (tertiary/aromatic N) is 1. The topological polar surface area (TPSA) is 67.9 Å². The third-order valence-corrected chi connectivity index (χ3v) is 5.87. The van der Waals surface area contributed by atoms with Gasteiger partial charge in [0.1, 0.15) is 11.4 Å². The number of benzene rings is 2. The molecule has 2 amide bonds. The second-order valence-electron chi connectivity index (χ2n) is 9.81. The van der Waals surface area contributed by atoms with Gasteiger partial charge in [0.2, 0.25) is 6.41 Å². The second-order valence-corrected chi connectivity index (χ2v) is 9.81. The summed E-state index contributed by atoms with van der Waals surface area (Å²) in [6, 6.07) is 14.5. The van der Waals surface area contributed by atoms with Gasteiger partial charge in [-0.2, -0.15) is 0 Å². The van der Waals surface area contributed by atoms with Crippen molar-refractivity contribution in [3.05, 3.63) is 71.0 Å². The summed E-state index contributed by atoms with van der Waals surface area (Å²) in [4.78, 5) is 24.5. The third kappa shape index (κ3) is 7.29. The van der Waals surface area contributed by atoms with Gasteiger partial charge in [0.15, 0.2) is 0 Å². The fourth-order valence-electron chi connectivity index (χ4n) is 4.19. The molecule has 1 fully saturated rings. The lowest BCUT2D eigenvalue weighted by Crippen LogP contribution is -2.44. The summed E-state index contributed by atoms with van der Waals surface area (Å²) in [5.74, 6) is -0.259. The maximum Gasteiger partial charge on any atom is 0.407 e. The van der Waals surface area contributed by atoms with Crippen molar-refractivity contribution in [3.8, 4) is 0 Å². The molecule has 2 aliphatic heterocycles. The molecule has 0 saturated carbocycles. The number of carbonyl (C=O) groups is 2. The smallest absolute Gasteiger partial charge is 0.407 e. The Morgan fingerprint density at radius 1 is 1.15 bits per heavy atom. The number of halogens is 1. The lowest BCUT2D eigenvalue weighted by molar-refractivity contribution is -0.119. The Labute approximate surface area is 201 Å². The molecule has 0 spiro atoms. The van der Waals surface area contributed by atoms with Crippen LogP contribution < -0.4 is 5.32 Å². The molecule has 0 bridgehead atoms. The average Bonchev–Trinajstić information content (AvgIpc) is 2.80. The second kappa shape index (κ2) is 11.5. The molecule has 6 nitrogen and oxygen atoms in total. The zero-order valence-corrected chi connectivity index (χ0v) is 20.4. The highest BCUT2D eigenvalue weighted by atomic mass is 19.1. The molecule has 1 N–H and O–H groups in total. The van der Waals surface area contributed by atoms with Crippen molar-refractivity contribution in [3.63, 3.8) is 0 Å². The Bertz CT molecular complexity index is 950. The SMILES string of the molecule is CC1CCC(NC(=O)OC(C)(C)C)CO1.O=CN1CCc2ccccc2[C@@H]1c1ccc(F)cc1. The Hall–Kier alpha value is -2.93. The first-order valence-corrected chi connectivity index (χ1v) is 11.8. The van der Waals surface area contributed by atoms with Gasteiger partial charge in [-0.05, 0) is 75.8 Å². The van der Waals surface area contributed by atoms with Crippen LogP contribution in [0.1, 0.15) is 63.3 Å². The van der Waals surface area contributed by atoms with Gasteiger partial charge in [0, 0.05) is 6.54 Å². The minimum absolute atomic E-state index is 0.0936. The van der Waals surface area contributed by atoms with E-state index >= 15 is 0 Å². The van der Waals surface area contributed by atoms with Crippen molar-refractivity contribution < 1.29 is 23.5 Å². The summed E-state index contributed by atoms with van der Waals surface area (Å²) in [5.41, 5.74) is 2.90. The standard InChI is InChI=1S/C16H14FNO.C11H21NO3/c17-14-7-5-13(6-8-14)16-15-4-2-1-3-12(15)9-10-18(16)11-19;1-8-5-6-9(7-14-8)12-10(13)15-11(2,3)4/h1-8,11,16H,9-10H2;8-9H,5-7H2,1-4H3,(H,12,13)/t16-;/m0./s1. The van der Waals surface area contributed by atoms with E-state index in [0.29, 0.717) is 19.3 Å². The molecule has 184 valence electrons. The minimum atomic E-state index is -0.438. The Morgan fingerprint density at radius 3 is 2.47 bits per heavy atom. The van der Waals surface area contributed by atoms with Gasteiger partial charge in [-0.3, -0.25) is 4.79 Å². The number of hydrogen-bond donors (Lipinski definition) is 1. The summed E-state index contributed by atoms with van der Waals surface area (Å²) >= 11 is 0. The first kappa shape index (κ1) is 25.7. The predicted octanol–water partition coefficient (Wildman–Crippen LogP) is 5.01. The van der Waals surface area contributed by atoms with Crippen molar-refractivity contribution in [2.45, 2.75) is 70.7 Å². The number of carbonyl (C=O) groups excluding carboxylic acids is 2. The van der Waals surface area contributed by atoms with Crippen molar-refractivity contribution in [2.75, 3.05) is 13.2 Å². The van der Waals surface area contributed by atoms with Crippen molar-refractivity contribution in [1.29, 1.82) is 0 Å². The van der Waals surface area contributed by atoms with Crippen LogP contribution in [0.5, 0.6) is 0 Å². The Morgan fingerprint density at radius 2 is 1.85 bits per heavy atom. The minimum Gasteiger partial charge on any atom is -0.444 e. The molecule has 2 heterocycles. The number of fused-ring (bicyclic) bond motifs is 1. The number of rotatable bonds is 3. The van der Waals surface area contributed by atoms with Crippen LogP contribution >= 0.6 is 0 Å². The molecule has 0 radical (unpaired) electrons. The normalized spacial score (nSPS) is 22.0. The van der Waals surface area contributed by atoms with E-state index in [4.69, 9.17) is 9.47 Å². The predicted molar refractivity (Wildman–Crippen MR) is 129 cm³/mol. The molecule has 2 aromatic carbocycles. The number of hydrogen-bond acceptors (Lipinski definition) is 4.